The summed E-state index contributed by atoms with van der Waals surface area (Å²) in [5.74, 6) is 0.396. The fourth-order valence-electron chi connectivity index (χ4n) is 3.17. The third-order valence-electron chi connectivity index (χ3n) is 4.60. The summed E-state index contributed by atoms with van der Waals surface area (Å²) in [6.45, 7) is 9.33. The Morgan fingerprint density at radius 1 is 1.26 bits per heavy atom. The molecule has 1 aromatic rings. The van der Waals surface area contributed by atoms with Gasteiger partial charge in [-0.3, -0.25) is 0 Å². The zero-order valence-corrected chi connectivity index (χ0v) is 16.8. The van der Waals surface area contributed by atoms with E-state index in [1.54, 1.807) is 0 Å². The molecule has 2 N–H and O–H groups in total. The molecule has 2 rings (SSSR count). The number of benzene rings is 1. The van der Waals surface area contributed by atoms with Crippen molar-refractivity contribution in [3.05, 3.63) is 35.9 Å². The number of ether oxygens (including phenoxy) is 2. The lowest BCUT2D eigenvalue weighted by Gasteiger charge is -2.34. The molecule has 1 amide bonds. The van der Waals surface area contributed by atoms with E-state index in [0.29, 0.717) is 25.7 Å². The van der Waals surface area contributed by atoms with Crippen LogP contribution in [0.5, 0.6) is 0 Å². The molecule has 27 heavy (non-hydrogen) atoms. The number of alkyl carbamates (subject to hydrolysis) is 1. The van der Waals surface area contributed by atoms with Crippen LogP contribution in [-0.4, -0.2) is 60.6 Å². The lowest BCUT2D eigenvalue weighted by molar-refractivity contribution is 0.0366. The molecule has 0 spiro atoms. The summed E-state index contributed by atoms with van der Waals surface area (Å²) in [7, 11) is 0. The van der Waals surface area contributed by atoms with Gasteiger partial charge in [-0.2, -0.15) is 0 Å². The molecule has 0 unspecified atom stereocenters. The number of aliphatic hydroxyl groups is 1. The smallest absolute Gasteiger partial charge is 0.407 e. The lowest BCUT2D eigenvalue weighted by Crippen LogP contribution is -2.49. The van der Waals surface area contributed by atoms with Crippen molar-refractivity contribution in [2.45, 2.75) is 51.9 Å². The van der Waals surface area contributed by atoms with Gasteiger partial charge >= 0.3 is 6.09 Å². The first-order valence-corrected chi connectivity index (χ1v) is 9.80. The highest BCUT2D eigenvalue weighted by molar-refractivity contribution is 5.68. The van der Waals surface area contributed by atoms with Gasteiger partial charge in [0.05, 0.1) is 19.3 Å². The number of hydrogen-bond acceptors (Lipinski definition) is 5. The van der Waals surface area contributed by atoms with E-state index >= 15 is 0 Å². The van der Waals surface area contributed by atoms with Crippen LogP contribution in [0.2, 0.25) is 0 Å². The van der Waals surface area contributed by atoms with Gasteiger partial charge in [-0.1, -0.05) is 30.3 Å². The minimum Gasteiger partial charge on any atom is -0.444 e. The topological polar surface area (TPSA) is 71.0 Å². The minimum atomic E-state index is -0.529. The van der Waals surface area contributed by atoms with E-state index in [0.717, 1.165) is 31.5 Å². The van der Waals surface area contributed by atoms with Crippen molar-refractivity contribution < 1.29 is 19.4 Å². The first-order chi connectivity index (χ1) is 12.9. The van der Waals surface area contributed by atoms with Gasteiger partial charge in [0.1, 0.15) is 5.60 Å². The van der Waals surface area contributed by atoms with Gasteiger partial charge in [0.15, 0.2) is 0 Å². The molecule has 1 atom stereocenters. The maximum Gasteiger partial charge on any atom is 0.407 e. The van der Waals surface area contributed by atoms with E-state index in [2.05, 4.69) is 10.2 Å². The second-order valence-corrected chi connectivity index (χ2v) is 8.27. The summed E-state index contributed by atoms with van der Waals surface area (Å²) in [5.41, 5.74) is 0.580. The first kappa shape index (κ1) is 21.7. The molecule has 0 aliphatic carbocycles. The Hall–Kier alpha value is -1.63. The van der Waals surface area contributed by atoms with E-state index in [4.69, 9.17) is 9.47 Å². The Morgan fingerprint density at radius 3 is 2.52 bits per heavy atom. The number of nitrogens with zero attached hydrogens (tertiary/aromatic N) is 1. The third kappa shape index (κ3) is 8.73. The van der Waals surface area contributed by atoms with Crippen LogP contribution in [0, 0.1) is 5.92 Å². The molecule has 0 bridgehead atoms. The van der Waals surface area contributed by atoms with Crippen LogP contribution in [0.15, 0.2) is 30.3 Å². The van der Waals surface area contributed by atoms with Crippen molar-refractivity contribution >= 4 is 6.09 Å². The second kappa shape index (κ2) is 10.6. The van der Waals surface area contributed by atoms with Gasteiger partial charge in [-0.15, -0.1) is 0 Å². The van der Waals surface area contributed by atoms with Crippen LogP contribution in [0.4, 0.5) is 4.79 Å². The van der Waals surface area contributed by atoms with E-state index in [-0.39, 0.29) is 12.6 Å². The Balaban J connectivity index is 1.86. The number of carbonyl (C=O) groups is 1. The summed E-state index contributed by atoms with van der Waals surface area (Å²) in [6.07, 6.45) is 1.56. The Kier molecular flexibility index (Phi) is 8.54. The summed E-state index contributed by atoms with van der Waals surface area (Å²) >= 11 is 0. The Morgan fingerprint density at radius 2 is 1.93 bits per heavy atom. The molecular formula is C21H34N2O4. The van der Waals surface area contributed by atoms with Crippen LogP contribution in [0.25, 0.3) is 0 Å². The third-order valence-corrected chi connectivity index (χ3v) is 4.60. The number of hydrogen-bond donors (Lipinski definition) is 2. The number of carbonyl (C=O) groups excluding carboxylic acids is 1. The van der Waals surface area contributed by atoms with Gasteiger partial charge in [-0.05, 0) is 58.2 Å². The summed E-state index contributed by atoms with van der Waals surface area (Å²) < 4.78 is 11.3. The summed E-state index contributed by atoms with van der Waals surface area (Å²) in [4.78, 5) is 14.5. The van der Waals surface area contributed by atoms with Gasteiger partial charge in [-0.25, -0.2) is 4.79 Å². The normalized spacial score (nSPS) is 17.5. The molecule has 1 saturated heterocycles. The zero-order valence-electron chi connectivity index (χ0n) is 16.8. The molecule has 0 saturated carbocycles. The molecule has 1 fully saturated rings. The fourth-order valence-corrected chi connectivity index (χ4v) is 3.17. The van der Waals surface area contributed by atoms with E-state index in [1.807, 2.05) is 51.1 Å². The van der Waals surface area contributed by atoms with E-state index in [9.17, 15) is 9.90 Å². The molecular weight excluding hydrogens is 344 g/mol. The number of aliphatic hydroxyl groups excluding tert-OH is 1. The van der Waals surface area contributed by atoms with Crippen molar-refractivity contribution in [1.29, 1.82) is 0 Å². The molecule has 1 aliphatic rings. The highest BCUT2D eigenvalue weighted by Crippen LogP contribution is 2.16. The largest absolute Gasteiger partial charge is 0.444 e. The predicted molar refractivity (Wildman–Crippen MR) is 106 cm³/mol. The maximum absolute atomic E-state index is 12.2. The minimum absolute atomic E-state index is 0.144. The summed E-state index contributed by atoms with van der Waals surface area (Å²) in [5, 5.41) is 12.3. The van der Waals surface area contributed by atoms with E-state index < -0.39 is 11.7 Å². The van der Waals surface area contributed by atoms with Crippen molar-refractivity contribution in [2.24, 2.45) is 5.92 Å². The van der Waals surface area contributed by atoms with Crippen LogP contribution in [0.3, 0.4) is 0 Å². The van der Waals surface area contributed by atoms with Gasteiger partial charge < -0.3 is 24.8 Å². The zero-order chi connectivity index (χ0) is 19.7. The van der Waals surface area contributed by atoms with Gasteiger partial charge in [0, 0.05) is 13.2 Å². The number of rotatable bonds is 8. The van der Waals surface area contributed by atoms with Crippen molar-refractivity contribution in [1.82, 2.24) is 10.2 Å². The average molecular weight is 379 g/mol. The standard InChI is InChI=1S/C21H34N2O4/c1-21(2,3)27-20(25)22-19(13-23-11-9-17(14-24)10-12-23)16-26-15-18-7-5-4-6-8-18/h4-8,17,19,24H,9-16H2,1-3H3,(H,22,25)/t19-/m0/s1. The van der Waals surface area contributed by atoms with E-state index in [1.165, 1.54) is 0 Å². The molecule has 1 aliphatic heterocycles. The highest BCUT2D eigenvalue weighted by atomic mass is 16.6. The summed E-state index contributed by atoms with van der Waals surface area (Å²) in [6, 6.07) is 9.85. The van der Waals surface area contributed by atoms with Crippen LogP contribution in [0.1, 0.15) is 39.2 Å². The van der Waals surface area contributed by atoms with Crippen molar-refractivity contribution in [2.75, 3.05) is 32.8 Å². The molecule has 1 aromatic carbocycles. The van der Waals surface area contributed by atoms with Gasteiger partial charge in [0.25, 0.3) is 0 Å². The van der Waals surface area contributed by atoms with Crippen LogP contribution in [-0.2, 0) is 16.1 Å². The predicted octanol–water partition coefficient (Wildman–Crippen LogP) is 2.80. The quantitative estimate of drug-likeness (QED) is 0.728. The molecule has 6 nitrogen and oxygen atoms in total. The number of piperidine rings is 1. The lowest BCUT2D eigenvalue weighted by atomic mass is 9.97. The number of nitrogens with one attached hydrogen (secondary N) is 1. The van der Waals surface area contributed by atoms with Crippen molar-refractivity contribution in [3.63, 3.8) is 0 Å². The molecule has 0 aromatic heterocycles. The number of likely N-dealkylation sites (tertiary alicyclic amines) is 1. The van der Waals surface area contributed by atoms with Crippen LogP contribution < -0.4 is 5.32 Å². The fraction of sp³-hybridized carbons (Fsp3) is 0.667. The maximum atomic E-state index is 12.2. The average Bonchev–Trinajstić information content (AvgIpc) is 2.61. The first-order valence-electron chi connectivity index (χ1n) is 9.80. The monoisotopic (exact) mass is 378 g/mol. The SMILES string of the molecule is CC(C)(C)OC(=O)N[C@H](COCc1ccccc1)CN1CCC(CO)CC1. The molecule has 0 radical (unpaired) electrons. The second-order valence-electron chi connectivity index (χ2n) is 8.27. The Labute approximate surface area is 162 Å². The molecule has 6 heteroatoms. The number of amides is 1. The molecule has 1 heterocycles. The molecule has 152 valence electrons. The Bertz CT molecular complexity index is 551. The van der Waals surface area contributed by atoms with Crippen molar-refractivity contribution in [3.8, 4) is 0 Å². The van der Waals surface area contributed by atoms with Gasteiger partial charge in [0.2, 0.25) is 0 Å². The van der Waals surface area contributed by atoms with Crippen LogP contribution >= 0.6 is 0 Å². The highest BCUT2D eigenvalue weighted by Gasteiger charge is 2.24.